The fourth-order valence-corrected chi connectivity index (χ4v) is 4.11. The van der Waals surface area contributed by atoms with Gasteiger partial charge in [-0.3, -0.25) is 9.59 Å². The minimum atomic E-state index is -0.267. The molecule has 4 rings (SSSR count). The predicted molar refractivity (Wildman–Crippen MR) is 108 cm³/mol. The van der Waals surface area contributed by atoms with Gasteiger partial charge in [0.25, 0.3) is 0 Å². The van der Waals surface area contributed by atoms with Crippen LogP contribution in [0.2, 0.25) is 0 Å². The summed E-state index contributed by atoms with van der Waals surface area (Å²) < 4.78 is 16.5. The molecular weight excluding hydrogens is 416 g/mol. The van der Waals surface area contributed by atoms with Gasteiger partial charge in [0.05, 0.1) is 24.2 Å². The second kappa shape index (κ2) is 8.53. The van der Waals surface area contributed by atoms with Gasteiger partial charge in [0.2, 0.25) is 17.8 Å². The van der Waals surface area contributed by atoms with Gasteiger partial charge in [0, 0.05) is 11.6 Å². The van der Waals surface area contributed by atoms with Crippen molar-refractivity contribution in [3.05, 3.63) is 41.9 Å². The van der Waals surface area contributed by atoms with Crippen LogP contribution in [0.3, 0.4) is 0 Å². The van der Waals surface area contributed by atoms with Gasteiger partial charge >= 0.3 is 0 Å². The third-order valence-electron chi connectivity index (χ3n) is 3.89. The molecule has 0 radical (unpaired) electrons. The summed E-state index contributed by atoms with van der Waals surface area (Å²) in [5.74, 6) is 1.46. The topological polar surface area (TPSA) is 116 Å². The van der Waals surface area contributed by atoms with Gasteiger partial charge in [0.1, 0.15) is 5.76 Å². The molecule has 29 heavy (non-hydrogen) atoms. The van der Waals surface area contributed by atoms with Crippen molar-refractivity contribution in [2.24, 2.45) is 0 Å². The second-order valence-electron chi connectivity index (χ2n) is 5.95. The molecule has 0 bridgehead atoms. The summed E-state index contributed by atoms with van der Waals surface area (Å²) >= 11 is 2.60. The highest BCUT2D eigenvalue weighted by molar-refractivity contribution is 8.01. The van der Waals surface area contributed by atoms with E-state index in [4.69, 9.17) is 13.9 Å². The maximum Gasteiger partial charge on any atom is 0.234 e. The molecule has 0 saturated carbocycles. The highest BCUT2D eigenvalue weighted by Gasteiger charge is 2.20. The summed E-state index contributed by atoms with van der Waals surface area (Å²) in [4.78, 5) is 24.3. The number of anilines is 2. The van der Waals surface area contributed by atoms with Crippen LogP contribution in [0, 0.1) is 0 Å². The number of rotatable bonds is 8. The molecule has 11 heteroatoms. The Morgan fingerprint density at radius 3 is 2.83 bits per heavy atom. The number of furan rings is 1. The lowest BCUT2D eigenvalue weighted by molar-refractivity contribution is -0.113. The molecule has 9 nitrogen and oxygen atoms in total. The number of ketones is 1. The lowest BCUT2D eigenvalue weighted by atomic mass is 10.1. The lowest BCUT2D eigenvalue weighted by Gasteiger charge is -2.10. The van der Waals surface area contributed by atoms with Crippen LogP contribution < -0.4 is 20.1 Å². The van der Waals surface area contributed by atoms with Crippen LogP contribution in [0.5, 0.6) is 11.5 Å². The van der Waals surface area contributed by atoms with Crippen molar-refractivity contribution in [1.82, 2.24) is 10.2 Å². The number of carbonyl (C=O) groups excluding carboxylic acids is 2. The molecule has 1 aliphatic heterocycles. The molecule has 3 heterocycles. The molecule has 0 atom stereocenters. The van der Waals surface area contributed by atoms with Gasteiger partial charge in [-0.25, -0.2) is 0 Å². The van der Waals surface area contributed by atoms with E-state index in [-0.39, 0.29) is 24.2 Å². The number of benzene rings is 1. The van der Waals surface area contributed by atoms with E-state index in [1.54, 1.807) is 18.4 Å². The quantitative estimate of drug-likeness (QED) is 0.408. The van der Waals surface area contributed by atoms with Crippen molar-refractivity contribution < 1.29 is 23.5 Å². The van der Waals surface area contributed by atoms with E-state index in [0.29, 0.717) is 38.8 Å². The number of nitrogens with zero attached hydrogens (tertiary/aromatic N) is 2. The number of thioether (sulfide) groups is 1. The SMILES string of the molecule is CC(=O)c1cc2c(cc1NC(=O)CSc1nnc(NCc3ccco3)s1)OCO2. The average molecular weight is 432 g/mol. The number of aromatic nitrogens is 2. The van der Waals surface area contributed by atoms with Gasteiger partial charge in [-0.15, -0.1) is 10.2 Å². The van der Waals surface area contributed by atoms with Crippen molar-refractivity contribution >= 4 is 45.6 Å². The highest BCUT2D eigenvalue weighted by Crippen LogP contribution is 2.37. The monoisotopic (exact) mass is 432 g/mol. The molecule has 2 aromatic heterocycles. The molecule has 0 fully saturated rings. The number of Topliss-reactive ketones (excluding diaryl/α,β-unsaturated/α-hetero) is 1. The van der Waals surface area contributed by atoms with Crippen LogP contribution in [-0.2, 0) is 11.3 Å². The average Bonchev–Trinajstić information content (AvgIpc) is 3.45. The molecule has 1 aliphatic rings. The van der Waals surface area contributed by atoms with E-state index >= 15 is 0 Å². The molecule has 3 aromatic rings. The lowest BCUT2D eigenvalue weighted by Crippen LogP contribution is -2.16. The van der Waals surface area contributed by atoms with E-state index in [9.17, 15) is 9.59 Å². The van der Waals surface area contributed by atoms with Crippen molar-refractivity contribution in [3.8, 4) is 11.5 Å². The van der Waals surface area contributed by atoms with Gasteiger partial charge < -0.3 is 24.5 Å². The fourth-order valence-electron chi connectivity index (χ4n) is 2.57. The van der Waals surface area contributed by atoms with Crippen LogP contribution in [0.25, 0.3) is 0 Å². The first-order chi connectivity index (χ1) is 14.1. The predicted octanol–water partition coefficient (Wildman–Crippen LogP) is 3.41. The first-order valence-electron chi connectivity index (χ1n) is 8.55. The number of carbonyl (C=O) groups is 2. The minimum absolute atomic E-state index is 0.0905. The van der Waals surface area contributed by atoms with E-state index in [1.165, 1.54) is 30.0 Å². The fraction of sp³-hybridized carbons (Fsp3) is 0.222. The Labute approximate surface area is 173 Å². The van der Waals surface area contributed by atoms with Crippen LogP contribution in [0.1, 0.15) is 23.0 Å². The Kier molecular flexibility index (Phi) is 5.67. The maximum absolute atomic E-state index is 12.4. The summed E-state index contributed by atoms with van der Waals surface area (Å²) in [6, 6.07) is 6.85. The Hall–Kier alpha value is -3.05. The van der Waals surface area contributed by atoms with Crippen LogP contribution >= 0.6 is 23.1 Å². The van der Waals surface area contributed by atoms with E-state index < -0.39 is 0 Å². The van der Waals surface area contributed by atoms with Crippen LogP contribution in [-0.4, -0.2) is 34.4 Å². The normalized spacial score (nSPS) is 12.0. The first kappa shape index (κ1) is 19.3. The number of ether oxygens (including phenoxy) is 2. The number of amides is 1. The molecular formula is C18H16N4O5S2. The molecule has 2 N–H and O–H groups in total. The summed E-state index contributed by atoms with van der Waals surface area (Å²) in [5, 5.41) is 14.6. The number of hydrogen-bond acceptors (Lipinski definition) is 10. The molecule has 0 spiro atoms. The second-order valence-corrected chi connectivity index (χ2v) is 8.15. The third kappa shape index (κ3) is 4.69. The van der Waals surface area contributed by atoms with E-state index in [2.05, 4.69) is 20.8 Å². The van der Waals surface area contributed by atoms with Gasteiger partial charge in [-0.1, -0.05) is 23.1 Å². The van der Waals surface area contributed by atoms with E-state index in [0.717, 1.165) is 5.76 Å². The van der Waals surface area contributed by atoms with Gasteiger partial charge in [-0.2, -0.15) is 0 Å². The van der Waals surface area contributed by atoms with Gasteiger partial charge in [-0.05, 0) is 25.1 Å². The number of hydrogen-bond donors (Lipinski definition) is 2. The zero-order chi connectivity index (χ0) is 20.2. The number of nitrogens with one attached hydrogen (secondary N) is 2. The summed E-state index contributed by atoms with van der Waals surface area (Å²) in [7, 11) is 0. The Balaban J connectivity index is 1.33. The maximum atomic E-state index is 12.4. The smallest absolute Gasteiger partial charge is 0.234 e. The van der Waals surface area contributed by atoms with Crippen LogP contribution in [0.15, 0.2) is 39.3 Å². The molecule has 0 aliphatic carbocycles. The molecule has 1 aromatic carbocycles. The first-order valence-corrected chi connectivity index (χ1v) is 10.4. The summed E-state index contributed by atoms with van der Waals surface area (Å²) in [6.07, 6.45) is 1.61. The Bertz CT molecular complexity index is 1040. The van der Waals surface area contributed by atoms with Crippen molar-refractivity contribution in [2.75, 3.05) is 23.2 Å². The summed E-state index contributed by atoms with van der Waals surface area (Å²) in [6.45, 7) is 2.03. The zero-order valence-corrected chi connectivity index (χ0v) is 16.9. The minimum Gasteiger partial charge on any atom is -0.467 e. The highest BCUT2D eigenvalue weighted by atomic mass is 32.2. The molecule has 1 amide bonds. The molecule has 0 unspecified atom stereocenters. The van der Waals surface area contributed by atoms with E-state index in [1.807, 2.05) is 12.1 Å². The zero-order valence-electron chi connectivity index (χ0n) is 15.3. The molecule has 0 saturated heterocycles. The van der Waals surface area contributed by atoms with Gasteiger partial charge in [0.15, 0.2) is 21.6 Å². The standard InChI is InChI=1S/C18H16N4O5S2/c1-10(23)12-5-14-15(27-9-26-14)6-13(12)20-16(24)8-28-18-22-21-17(29-18)19-7-11-3-2-4-25-11/h2-6H,7-9H2,1H3,(H,19,21)(H,20,24). The van der Waals surface area contributed by atoms with Crippen molar-refractivity contribution in [2.45, 2.75) is 17.8 Å². The molecule has 150 valence electrons. The Morgan fingerprint density at radius 2 is 2.07 bits per heavy atom. The largest absolute Gasteiger partial charge is 0.467 e. The summed E-state index contributed by atoms with van der Waals surface area (Å²) in [5.41, 5.74) is 0.762. The van der Waals surface area contributed by atoms with Crippen LogP contribution in [0.4, 0.5) is 10.8 Å². The number of fused-ring (bicyclic) bond motifs is 1. The Morgan fingerprint density at radius 1 is 1.24 bits per heavy atom. The van der Waals surface area contributed by atoms with Crippen molar-refractivity contribution in [1.29, 1.82) is 0 Å². The van der Waals surface area contributed by atoms with Crippen molar-refractivity contribution in [3.63, 3.8) is 0 Å². The third-order valence-corrected chi connectivity index (χ3v) is 5.91.